The molecular formula is C12H21N3O2. The van der Waals surface area contributed by atoms with E-state index in [9.17, 15) is 0 Å². The van der Waals surface area contributed by atoms with Crippen LogP contribution in [0.5, 0.6) is 5.88 Å². The second kappa shape index (κ2) is 7.06. The molecular weight excluding hydrogens is 218 g/mol. The van der Waals surface area contributed by atoms with E-state index in [1.807, 2.05) is 27.7 Å². The summed E-state index contributed by atoms with van der Waals surface area (Å²) in [4.78, 5) is 8.37. The summed E-state index contributed by atoms with van der Waals surface area (Å²) in [6.07, 6.45) is 1.93. The van der Waals surface area contributed by atoms with Crippen LogP contribution in [0.1, 0.15) is 27.7 Å². The van der Waals surface area contributed by atoms with E-state index in [1.54, 1.807) is 12.3 Å². The van der Waals surface area contributed by atoms with Crippen LogP contribution in [0.4, 0.5) is 5.95 Å². The molecule has 5 heteroatoms. The third-order valence-corrected chi connectivity index (χ3v) is 1.99. The molecule has 0 aliphatic rings. The van der Waals surface area contributed by atoms with Crippen LogP contribution in [0.2, 0.25) is 0 Å². The third kappa shape index (κ3) is 5.49. The van der Waals surface area contributed by atoms with Crippen molar-refractivity contribution in [2.75, 3.05) is 18.5 Å². The zero-order valence-electron chi connectivity index (χ0n) is 10.9. The molecule has 0 amide bonds. The minimum Gasteiger partial charge on any atom is -0.475 e. The molecule has 96 valence electrons. The van der Waals surface area contributed by atoms with Crippen LogP contribution in [0.15, 0.2) is 12.3 Å². The molecule has 0 radical (unpaired) electrons. The van der Waals surface area contributed by atoms with Crippen molar-refractivity contribution in [2.45, 2.75) is 39.9 Å². The molecule has 0 fully saturated rings. The average Bonchev–Trinajstić information content (AvgIpc) is 2.26. The Labute approximate surface area is 103 Å². The van der Waals surface area contributed by atoms with Gasteiger partial charge in [-0.3, -0.25) is 0 Å². The van der Waals surface area contributed by atoms with Gasteiger partial charge in [0, 0.05) is 25.4 Å². The highest BCUT2D eigenvalue weighted by molar-refractivity contribution is 5.27. The lowest BCUT2D eigenvalue weighted by atomic mass is 10.4. The van der Waals surface area contributed by atoms with Gasteiger partial charge in [-0.2, -0.15) is 4.98 Å². The first kappa shape index (κ1) is 13.7. The minimum absolute atomic E-state index is 0.111. The quantitative estimate of drug-likeness (QED) is 0.789. The Morgan fingerprint density at radius 1 is 1.35 bits per heavy atom. The predicted molar refractivity (Wildman–Crippen MR) is 67.4 cm³/mol. The van der Waals surface area contributed by atoms with Crippen molar-refractivity contribution in [3.05, 3.63) is 12.3 Å². The molecule has 0 aliphatic carbocycles. The topological polar surface area (TPSA) is 56.3 Å². The Kier molecular flexibility index (Phi) is 5.69. The molecule has 0 saturated carbocycles. The van der Waals surface area contributed by atoms with Crippen LogP contribution < -0.4 is 10.1 Å². The van der Waals surface area contributed by atoms with Gasteiger partial charge in [0.25, 0.3) is 0 Å². The largest absolute Gasteiger partial charge is 0.475 e. The summed E-state index contributed by atoms with van der Waals surface area (Å²) < 4.78 is 10.9. The molecule has 0 saturated heterocycles. The number of hydrogen-bond acceptors (Lipinski definition) is 5. The maximum Gasteiger partial charge on any atom is 0.226 e. The van der Waals surface area contributed by atoms with Gasteiger partial charge < -0.3 is 14.8 Å². The molecule has 1 atom stereocenters. The van der Waals surface area contributed by atoms with Gasteiger partial charge >= 0.3 is 0 Å². The molecule has 1 rings (SSSR count). The number of rotatable bonds is 7. The highest BCUT2D eigenvalue weighted by Crippen LogP contribution is 2.10. The van der Waals surface area contributed by atoms with E-state index in [-0.39, 0.29) is 12.2 Å². The molecule has 5 nitrogen and oxygen atoms in total. The van der Waals surface area contributed by atoms with Gasteiger partial charge in [-0.05, 0) is 27.7 Å². The highest BCUT2D eigenvalue weighted by Gasteiger charge is 2.04. The van der Waals surface area contributed by atoms with Crippen LogP contribution >= 0.6 is 0 Å². The van der Waals surface area contributed by atoms with E-state index in [0.717, 1.165) is 0 Å². The van der Waals surface area contributed by atoms with E-state index in [2.05, 4.69) is 15.3 Å². The average molecular weight is 239 g/mol. The van der Waals surface area contributed by atoms with Crippen LogP contribution in [0, 0.1) is 0 Å². The number of aromatic nitrogens is 2. The monoisotopic (exact) mass is 239 g/mol. The first-order valence-corrected chi connectivity index (χ1v) is 5.97. The summed E-state index contributed by atoms with van der Waals surface area (Å²) in [6, 6.07) is 1.75. The van der Waals surface area contributed by atoms with E-state index in [1.165, 1.54) is 0 Å². The fourth-order valence-corrected chi connectivity index (χ4v) is 1.31. The Morgan fingerprint density at radius 3 is 2.76 bits per heavy atom. The highest BCUT2D eigenvalue weighted by atomic mass is 16.5. The lowest BCUT2D eigenvalue weighted by molar-refractivity contribution is 0.0854. The summed E-state index contributed by atoms with van der Waals surface area (Å²) >= 11 is 0. The molecule has 0 bridgehead atoms. The maximum absolute atomic E-state index is 5.49. The Bertz CT molecular complexity index is 331. The van der Waals surface area contributed by atoms with Gasteiger partial charge in [0.2, 0.25) is 11.8 Å². The van der Waals surface area contributed by atoms with Gasteiger partial charge in [-0.1, -0.05) is 0 Å². The van der Waals surface area contributed by atoms with Gasteiger partial charge in [0.15, 0.2) is 0 Å². The standard InChI is InChI=1S/C12H21N3O2/c1-5-16-10(4)8-14-12-13-7-6-11(15-12)17-9(2)3/h6-7,9-10H,5,8H2,1-4H3,(H,13,14,15). The second-order valence-corrected chi connectivity index (χ2v) is 4.03. The summed E-state index contributed by atoms with van der Waals surface area (Å²) in [5, 5.41) is 3.12. The minimum atomic E-state index is 0.111. The first-order valence-electron chi connectivity index (χ1n) is 5.97. The fourth-order valence-electron chi connectivity index (χ4n) is 1.31. The molecule has 1 heterocycles. The van der Waals surface area contributed by atoms with Gasteiger partial charge in [0.1, 0.15) is 0 Å². The molecule has 1 aromatic heterocycles. The zero-order valence-corrected chi connectivity index (χ0v) is 10.9. The van der Waals surface area contributed by atoms with Crippen LogP contribution in [-0.4, -0.2) is 35.3 Å². The third-order valence-electron chi connectivity index (χ3n) is 1.99. The normalized spacial score (nSPS) is 12.5. The van der Waals surface area contributed by atoms with Gasteiger partial charge in [-0.25, -0.2) is 4.98 Å². The predicted octanol–water partition coefficient (Wildman–Crippen LogP) is 2.10. The van der Waals surface area contributed by atoms with Gasteiger partial charge in [-0.15, -0.1) is 0 Å². The molecule has 1 N–H and O–H groups in total. The van der Waals surface area contributed by atoms with E-state index in [4.69, 9.17) is 9.47 Å². The van der Waals surface area contributed by atoms with Crippen molar-refractivity contribution in [2.24, 2.45) is 0 Å². The van der Waals surface area contributed by atoms with Crippen LogP contribution in [-0.2, 0) is 4.74 Å². The van der Waals surface area contributed by atoms with E-state index >= 15 is 0 Å². The Morgan fingerprint density at radius 2 is 2.12 bits per heavy atom. The number of nitrogens with one attached hydrogen (secondary N) is 1. The molecule has 1 aromatic rings. The van der Waals surface area contributed by atoms with Crippen molar-refractivity contribution >= 4 is 5.95 Å². The number of hydrogen-bond donors (Lipinski definition) is 1. The number of nitrogens with zero attached hydrogens (tertiary/aromatic N) is 2. The molecule has 1 unspecified atom stereocenters. The fraction of sp³-hybridized carbons (Fsp3) is 0.667. The Hall–Kier alpha value is -1.36. The van der Waals surface area contributed by atoms with Crippen molar-refractivity contribution in [1.82, 2.24) is 9.97 Å². The SMILES string of the molecule is CCOC(C)CNc1nccc(OC(C)C)n1. The van der Waals surface area contributed by atoms with Crippen LogP contribution in [0.3, 0.4) is 0 Å². The van der Waals surface area contributed by atoms with Gasteiger partial charge in [0.05, 0.1) is 12.2 Å². The summed E-state index contributed by atoms with van der Waals surface area (Å²) in [5.41, 5.74) is 0. The smallest absolute Gasteiger partial charge is 0.226 e. The number of ether oxygens (including phenoxy) is 2. The summed E-state index contributed by atoms with van der Waals surface area (Å²) in [7, 11) is 0. The zero-order chi connectivity index (χ0) is 12.7. The number of anilines is 1. The van der Waals surface area contributed by atoms with Crippen molar-refractivity contribution < 1.29 is 9.47 Å². The van der Waals surface area contributed by atoms with Crippen LogP contribution in [0.25, 0.3) is 0 Å². The summed E-state index contributed by atoms with van der Waals surface area (Å²) in [5.74, 6) is 1.15. The molecule has 0 aliphatic heterocycles. The summed E-state index contributed by atoms with van der Waals surface area (Å²) in [6.45, 7) is 9.30. The lowest BCUT2D eigenvalue weighted by Crippen LogP contribution is -2.21. The van der Waals surface area contributed by atoms with Crippen molar-refractivity contribution in [1.29, 1.82) is 0 Å². The molecule has 0 spiro atoms. The van der Waals surface area contributed by atoms with E-state index < -0.39 is 0 Å². The van der Waals surface area contributed by atoms with Crippen molar-refractivity contribution in [3.8, 4) is 5.88 Å². The lowest BCUT2D eigenvalue weighted by Gasteiger charge is -2.13. The second-order valence-electron chi connectivity index (χ2n) is 4.03. The molecule has 17 heavy (non-hydrogen) atoms. The maximum atomic E-state index is 5.49. The van der Waals surface area contributed by atoms with E-state index in [0.29, 0.717) is 25.0 Å². The van der Waals surface area contributed by atoms with Crippen molar-refractivity contribution in [3.63, 3.8) is 0 Å². The molecule has 0 aromatic carbocycles. The first-order chi connectivity index (χ1) is 8.11. The Balaban J connectivity index is 2.48.